The summed E-state index contributed by atoms with van der Waals surface area (Å²) < 4.78 is 29.5. The first-order valence-corrected chi connectivity index (χ1v) is 21.0. The van der Waals surface area contributed by atoms with E-state index in [1.807, 2.05) is 0 Å². The Hall–Kier alpha value is 0.299. The van der Waals surface area contributed by atoms with Crippen LogP contribution in [-0.2, 0) is 35.2 Å². The van der Waals surface area contributed by atoms with Crippen molar-refractivity contribution in [3.63, 3.8) is 0 Å². The van der Waals surface area contributed by atoms with Crippen LogP contribution in [0.25, 0.3) is 0 Å². The summed E-state index contributed by atoms with van der Waals surface area (Å²) >= 11 is 0. The Kier molecular flexibility index (Phi) is 51.3. The molecule has 0 saturated heterocycles. The maximum Gasteiger partial charge on any atom is 2.00 e. The predicted octanol–water partition coefficient (Wildman–Crippen LogP) is 11.6. The van der Waals surface area contributed by atoms with Crippen molar-refractivity contribution in [3.05, 3.63) is 24.3 Å². The molecule has 0 spiro atoms. The molecule has 0 amide bonds. The summed E-state index contributed by atoms with van der Waals surface area (Å²) in [6.07, 6.45) is 44.6. The van der Waals surface area contributed by atoms with Gasteiger partial charge in [0.25, 0.3) is 0 Å². The fraction of sp³-hybridized carbons (Fsp3) is 0.889. The van der Waals surface area contributed by atoms with Gasteiger partial charge in [0.2, 0.25) is 0 Å². The van der Waals surface area contributed by atoms with E-state index in [0.29, 0.717) is 13.2 Å². The van der Waals surface area contributed by atoms with E-state index < -0.39 is 16.5 Å². The number of hydrogen-bond donors (Lipinski definition) is 0. The van der Waals surface area contributed by atoms with E-state index in [-0.39, 0.29) is 17.1 Å². The molecule has 0 fully saturated rings. The molecule has 0 radical (unpaired) electrons. The third-order valence-electron chi connectivity index (χ3n) is 7.75. The van der Waals surface area contributed by atoms with Crippen molar-refractivity contribution in [2.24, 2.45) is 0 Å². The third kappa shape index (κ3) is 54.0. The quantitative estimate of drug-likeness (QED) is 0.0284. The summed E-state index contributed by atoms with van der Waals surface area (Å²) in [5.41, 5.74) is 0. The van der Waals surface area contributed by atoms with Crippen molar-refractivity contribution >= 4 is 16.5 Å². The molecule has 0 aliphatic carbocycles. The molecule has 0 bridgehead atoms. The molecule has 2 unspecified atom stereocenters. The van der Waals surface area contributed by atoms with Gasteiger partial charge < -0.3 is 28.0 Å². The van der Waals surface area contributed by atoms with Gasteiger partial charge in [0, 0.05) is 0 Å². The maximum absolute atomic E-state index is 10.2. The van der Waals surface area contributed by atoms with Gasteiger partial charge in [-0.3, -0.25) is 0 Å². The zero-order chi connectivity index (χ0) is 32.6. The number of unbranched alkanes of at least 4 members (excludes halogenated alkanes) is 24. The number of rotatable bonds is 34. The van der Waals surface area contributed by atoms with Gasteiger partial charge in [-0.15, -0.1) is 0 Å². The molecule has 0 aromatic heterocycles. The predicted molar refractivity (Wildman–Crippen MR) is 189 cm³/mol. The minimum atomic E-state index is -2.96. The second kappa shape index (κ2) is 46.4. The van der Waals surface area contributed by atoms with Crippen molar-refractivity contribution in [1.82, 2.24) is 0 Å². The van der Waals surface area contributed by atoms with E-state index in [4.69, 9.17) is 0 Å². The van der Waals surface area contributed by atoms with Crippen molar-refractivity contribution in [1.29, 1.82) is 0 Å². The first kappa shape index (κ1) is 49.7. The second-order valence-corrected chi connectivity index (χ2v) is 13.6. The summed E-state index contributed by atoms with van der Waals surface area (Å²) in [5.74, 6) is 0. The molecular formula is C36H72FeO6P2. The van der Waals surface area contributed by atoms with Crippen LogP contribution in [0.4, 0.5) is 0 Å². The van der Waals surface area contributed by atoms with Crippen LogP contribution in [-0.4, -0.2) is 13.2 Å². The molecule has 0 rings (SSSR count). The Bertz CT molecular complexity index is 595. The third-order valence-corrected chi connectivity index (χ3v) is 8.63. The molecule has 0 aliphatic rings. The average Bonchev–Trinajstić information content (AvgIpc) is 3.00. The van der Waals surface area contributed by atoms with E-state index in [9.17, 15) is 18.9 Å². The molecular weight excluding hydrogens is 646 g/mol. The maximum atomic E-state index is 10.2. The van der Waals surface area contributed by atoms with Crippen molar-refractivity contribution in [2.75, 3.05) is 13.2 Å². The van der Waals surface area contributed by atoms with E-state index in [0.717, 1.165) is 25.7 Å². The van der Waals surface area contributed by atoms with E-state index in [1.165, 1.54) is 154 Å². The molecule has 0 aromatic rings. The Labute approximate surface area is 291 Å². The van der Waals surface area contributed by atoms with Crippen LogP contribution in [0.1, 0.15) is 194 Å². The summed E-state index contributed by atoms with van der Waals surface area (Å²) in [5, 5.41) is 0. The molecule has 0 heterocycles. The molecule has 0 saturated carbocycles. The molecule has 6 nitrogen and oxygen atoms in total. The monoisotopic (exact) mass is 718 g/mol. The molecule has 0 aliphatic heterocycles. The standard InChI is InChI=1S/2C18H37O3P.Fe/c2*1-2-3-4-5-6-7-8-9-10-11-12-13-14-15-16-17-18-21-22(19)20;/h2*9-10,22H,2-8,11-18H2,1H3,(H,19,20);/q;;+2/p-2. The minimum absolute atomic E-state index is 0. The zero-order valence-corrected chi connectivity index (χ0v) is 32.4. The second-order valence-electron chi connectivity index (χ2n) is 12.1. The van der Waals surface area contributed by atoms with Crippen molar-refractivity contribution in [3.8, 4) is 0 Å². The fourth-order valence-electron chi connectivity index (χ4n) is 5.01. The number of allylic oxidation sites excluding steroid dienone is 4. The summed E-state index contributed by atoms with van der Waals surface area (Å²) in [7, 11) is -5.92. The summed E-state index contributed by atoms with van der Waals surface area (Å²) in [6, 6.07) is 0. The van der Waals surface area contributed by atoms with Crippen LogP contribution in [0, 0.1) is 0 Å². The average molecular weight is 719 g/mol. The fourth-order valence-corrected chi connectivity index (χ4v) is 5.63. The van der Waals surface area contributed by atoms with Crippen LogP contribution in [0.3, 0.4) is 0 Å². The van der Waals surface area contributed by atoms with Crippen LogP contribution in [0.5, 0.6) is 0 Å². The normalized spacial score (nSPS) is 12.7. The van der Waals surface area contributed by atoms with Gasteiger partial charge in [0.05, 0.1) is 13.2 Å². The summed E-state index contributed by atoms with van der Waals surface area (Å²) in [4.78, 5) is 20.4. The van der Waals surface area contributed by atoms with E-state index in [2.05, 4.69) is 47.2 Å². The Morgan fingerprint density at radius 2 is 0.622 bits per heavy atom. The Balaban J connectivity index is -0.000000767. The number of hydrogen-bond acceptors (Lipinski definition) is 6. The zero-order valence-electron chi connectivity index (χ0n) is 29.3. The first-order chi connectivity index (χ1) is 21.5. The van der Waals surface area contributed by atoms with Gasteiger partial charge in [-0.1, -0.05) is 154 Å². The van der Waals surface area contributed by atoms with Crippen LogP contribution in [0.2, 0.25) is 0 Å². The molecule has 2 atom stereocenters. The first-order valence-electron chi connectivity index (χ1n) is 18.5. The summed E-state index contributed by atoms with van der Waals surface area (Å²) in [6.45, 7) is 5.25. The van der Waals surface area contributed by atoms with Gasteiger partial charge in [0.1, 0.15) is 16.5 Å². The van der Waals surface area contributed by atoms with Gasteiger partial charge in [-0.25, -0.2) is 0 Å². The van der Waals surface area contributed by atoms with E-state index >= 15 is 0 Å². The van der Waals surface area contributed by atoms with Gasteiger partial charge >= 0.3 is 17.1 Å². The largest absolute Gasteiger partial charge is 2.00 e. The molecule has 270 valence electrons. The van der Waals surface area contributed by atoms with Gasteiger partial charge in [-0.05, 0) is 64.2 Å². The smallest absolute Gasteiger partial charge is 0.781 e. The van der Waals surface area contributed by atoms with Crippen LogP contribution in [0.15, 0.2) is 24.3 Å². The van der Waals surface area contributed by atoms with Crippen LogP contribution >= 0.6 is 16.5 Å². The topological polar surface area (TPSA) is 98.7 Å². The Morgan fingerprint density at radius 1 is 0.400 bits per heavy atom. The molecule has 9 heteroatoms. The molecule has 0 aromatic carbocycles. The van der Waals surface area contributed by atoms with Crippen LogP contribution < -0.4 is 9.79 Å². The molecule has 0 N–H and O–H groups in total. The van der Waals surface area contributed by atoms with Gasteiger partial charge in [0.15, 0.2) is 0 Å². The Morgan fingerprint density at radius 3 is 0.867 bits per heavy atom. The van der Waals surface area contributed by atoms with E-state index in [1.54, 1.807) is 0 Å². The molecule has 45 heavy (non-hydrogen) atoms. The SMILES string of the molecule is CCCCCCCCC=CCCCCCCCCO[PH](=O)[O-].CCCCCCCCC=CCCCCCCCCO[PH](=O)[O-].[Fe+2]. The van der Waals surface area contributed by atoms with Gasteiger partial charge in [-0.2, -0.15) is 0 Å². The van der Waals surface area contributed by atoms with Crippen molar-refractivity contribution < 1.29 is 45.0 Å². The van der Waals surface area contributed by atoms with Crippen molar-refractivity contribution in [2.45, 2.75) is 194 Å². The minimum Gasteiger partial charge on any atom is -0.781 e.